The highest BCUT2D eigenvalue weighted by molar-refractivity contribution is 6.29. The van der Waals surface area contributed by atoms with Gasteiger partial charge in [-0.1, -0.05) is 30.3 Å². The number of alkyl halides is 3. The van der Waals surface area contributed by atoms with Crippen LogP contribution in [0.4, 0.5) is 18.0 Å². The summed E-state index contributed by atoms with van der Waals surface area (Å²) in [7, 11) is 0. The van der Waals surface area contributed by atoms with Gasteiger partial charge in [0.2, 0.25) is 0 Å². The monoisotopic (exact) mass is 391 g/mol. The van der Waals surface area contributed by atoms with E-state index < -0.39 is 35.3 Å². The number of nitrogens with one attached hydrogen (secondary N) is 2. The molecule has 0 aromatic heterocycles. The summed E-state index contributed by atoms with van der Waals surface area (Å²) < 4.78 is 41.0. The molecular formula is C19H16F3N3O3. The Morgan fingerprint density at radius 3 is 2.14 bits per heavy atom. The molecule has 4 amide bonds. The second-order valence-electron chi connectivity index (χ2n) is 6.27. The van der Waals surface area contributed by atoms with Crippen molar-refractivity contribution in [1.29, 1.82) is 0 Å². The number of carbonyl (C=O) groups is 3. The Morgan fingerprint density at radius 1 is 0.964 bits per heavy atom. The largest absolute Gasteiger partial charge is 0.431 e. The van der Waals surface area contributed by atoms with Gasteiger partial charge in [0.1, 0.15) is 11.3 Å². The van der Waals surface area contributed by atoms with Crippen LogP contribution in [-0.4, -0.2) is 35.5 Å². The molecule has 0 radical (unpaired) electrons. The zero-order valence-corrected chi connectivity index (χ0v) is 14.8. The van der Waals surface area contributed by atoms with Gasteiger partial charge >= 0.3 is 12.2 Å². The Kier molecular flexibility index (Phi) is 5.08. The van der Waals surface area contributed by atoms with Gasteiger partial charge in [-0.25, -0.2) is 4.79 Å². The van der Waals surface area contributed by atoms with E-state index in [0.717, 1.165) is 16.5 Å². The third kappa shape index (κ3) is 3.98. The van der Waals surface area contributed by atoms with Crippen molar-refractivity contribution in [3.05, 3.63) is 70.6 Å². The zero-order chi connectivity index (χ0) is 20.5. The lowest BCUT2D eigenvalue weighted by Crippen LogP contribution is -2.52. The number of carbonyl (C=O) groups excluding carboxylic acids is 3. The fraction of sp³-hybridized carbons (Fsp3) is 0.211. The molecule has 0 spiro atoms. The summed E-state index contributed by atoms with van der Waals surface area (Å²) in [5.41, 5.74) is -0.619. The number of hydrogen-bond acceptors (Lipinski definition) is 4. The minimum Gasteiger partial charge on any atom is -0.341 e. The molecule has 1 saturated heterocycles. The number of nitrogens with zero attached hydrogens (tertiary/aromatic N) is 1. The minimum atomic E-state index is -4.70. The highest BCUT2D eigenvalue weighted by Gasteiger charge is 2.41. The maximum absolute atomic E-state index is 13.7. The lowest BCUT2D eigenvalue weighted by Gasteiger charge is -2.33. The first-order valence-corrected chi connectivity index (χ1v) is 8.36. The van der Waals surface area contributed by atoms with Gasteiger partial charge in [0.25, 0.3) is 11.8 Å². The molecule has 6 nitrogen and oxygen atoms in total. The van der Waals surface area contributed by atoms with E-state index in [4.69, 9.17) is 0 Å². The zero-order valence-electron chi connectivity index (χ0n) is 14.8. The van der Waals surface area contributed by atoms with Gasteiger partial charge in [-0.05, 0) is 36.6 Å². The molecule has 28 heavy (non-hydrogen) atoms. The molecule has 0 aliphatic carbocycles. The maximum Gasteiger partial charge on any atom is 0.431 e. The molecule has 0 atom stereocenters. The second kappa shape index (κ2) is 7.34. The lowest BCUT2D eigenvalue weighted by molar-refractivity contribution is -0.124. The van der Waals surface area contributed by atoms with Crippen LogP contribution < -0.4 is 10.6 Å². The van der Waals surface area contributed by atoms with Crippen LogP contribution in [-0.2, 0) is 16.0 Å². The Labute approximate surface area is 158 Å². The average Bonchev–Trinajstić information content (AvgIpc) is 2.59. The topological polar surface area (TPSA) is 78.5 Å². The molecule has 0 saturated carbocycles. The van der Waals surface area contributed by atoms with Gasteiger partial charge in [-0.2, -0.15) is 13.2 Å². The molecule has 0 bridgehead atoms. The first-order valence-electron chi connectivity index (χ1n) is 8.36. The average molecular weight is 391 g/mol. The normalized spacial score (nSPS) is 17.9. The molecule has 2 aliphatic rings. The summed E-state index contributed by atoms with van der Waals surface area (Å²) in [5.74, 6) is -2.08. The van der Waals surface area contributed by atoms with Crippen LogP contribution in [0.1, 0.15) is 12.5 Å². The second-order valence-corrected chi connectivity index (χ2v) is 6.27. The summed E-state index contributed by atoms with van der Waals surface area (Å²) in [6, 6.07) is 8.06. The molecule has 1 aromatic carbocycles. The SMILES string of the molecule is CC1=CC(=C2C(=O)NC(=O)NC2=O)C=C(C(F)(F)F)N1CCc1ccccc1. The van der Waals surface area contributed by atoms with Crippen molar-refractivity contribution in [2.75, 3.05) is 6.54 Å². The van der Waals surface area contributed by atoms with Gasteiger partial charge in [-0.15, -0.1) is 0 Å². The Balaban J connectivity index is 1.97. The van der Waals surface area contributed by atoms with E-state index in [-0.39, 0.29) is 17.8 Å². The van der Waals surface area contributed by atoms with Crippen LogP contribution in [0.3, 0.4) is 0 Å². The Morgan fingerprint density at radius 2 is 1.57 bits per heavy atom. The predicted octanol–water partition coefficient (Wildman–Crippen LogP) is 2.56. The Bertz CT molecular complexity index is 909. The number of hydrogen-bond donors (Lipinski definition) is 2. The molecule has 146 valence electrons. The molecule has 1 aromatic rings. The highest BCUT2D eigenvalue weighted by atomic mass is 19.4. The van der Waals surface area contributed by atoms with Crippen LogP contribution in [0.2, 0.25) is 0 Å². The molecular weight excluding hydrogens is 375 g/mol. The van der Waals surface area contributed by atoms with Crippen LogP contribution >= 0.6 is 0 Å². The van der Waals surface area contributed by atoms with Crippen LogP contribution in [0.15, 0.2) is 65.0 Å². The van der Waals surface area contributed by atoms with Crippen molar-refractivity contribution >= 4 is 17.8 Å². The number of barbiturate groups is 1. The van der Waals surface area contributed by atoms with E-state index in [9.17, 15) is 27.6 Å². The lowest BCUT2D eigenvalue weighted by atomic mass is 9.99. The third-order valence-electron chi connectivity index (χ3n) is 4.33. The van der Waals surface area contributed by atoms with Gasteiger partial charge in [0.05, 0.1) is 0 Å². The van der Waals surface area contributed by atoms with Gasteiger partial charge in [-0.3, -0.25) is 20.2 Å². The number of allylic oxidation sites excluding steroid dienone is 5. The molecule has 2 aliphatic heterocycles. The number of urea groups is 1. The maximum atomic E-state index is 13.7. The predicted molar refractivity (Wildman–Crippen MR) is 93.5 cm³/mol. The molecule has 2 heterocycles. The first kappa shape index (κ1) is 19.4. The Hall–Kier alpha value is -3.36. The number of imide groups is 2. The van der Waals surface area contributed by atoms with Gasteiger partial charge in [0, 0.05) is 12.2 Å². The highest BCUT2D eigenvalue weighted by Crippen LogP contribution is 2.36. The molecule has 0 unspecified atom stereocenters. The summed E-state index contributed by atoms with van der Waals surface area (Å²) in [4.78, 5) is 36.2. The van der Waals surface area contributed by atoms with Crippen molar-refractivity contribution in [2.24, 2.45) is 0 Å². The molecule has 2 N–H and O–H groups in total. The number of amides is 4. The van der Waals surface area contributed by atoms with Crippen molar-refractivity contribution < 1.29 is 27.6 Å². The van der Waals surface area contributed by atoms with Crippen molar-refractivity contribution in [3.63, 3.8) is 0 Å². The van der Waals surface area contributed by atoms with E-state index in [1.807, 2.05) is 28.8 Å². The van der Waals surface area contributed by atoms with Crippen LogP contribution in [0.5, 0.6) is 0 Å². The summed E-state index contributed by atoms with van der Waals surface area (Å²) in [5, 5.41) is 3.72. The van der Waals surface area contributed by atoms with Crippen LogP contribution in [0.25, 0.3) is 0 Å². The fourth-order valence-electron chi connectivity index (χ4n) is 3.05. The fourth-order valence-corrected chi connectivity index (χ4v) is 3.05. The quantitative estimate of drug-likeness (QED) is 0.613. The molecule has 1 fully saturated rings. The summed E-state index contributed by atoms with van der Waals surface area (Å²) >= 11 is 0. The number of rotatable bonds is 3. The van der Waals surface area contributed by atoms with Crippen molar-refractivity contribution in [2.45, 2.75) is 19.5 Å². The molecule has 3 rings (SSSR count). The van der Waals surface area contributed by atoms with E-state index in [0.29, 0.717) is 6.42 Å². The van der Waals surface area contributed by atoms with E-state index in [2.05, 4.69) is 0 Å². The number of halogens is 3. The smallest absolute Gasteiger partial charge is 0.341 e. The molecule has 9 heteroatoms. The van der Waals surface area contributed by atoms with E-state index in [1.54, 1.807) is 12.1 Å². The standard InChI is InChI=1S/C19H16F3N3O3/c1-11-9-13(15-16(26)23-18(28)24-17(15)27)10-14(19(20,21)22)25(11)8-7-12-5-3-2-4-6-12/h2-6,9-10H,7-8H2,1H3,(H2,23,24,26,27,28). The third-order valence-corrected chi connectivity index (χ3v) is 4.33. The van der Waals surface area contributed by atoms with E-state index in [1.165, 1.54) is 13.0 Å². The van der Waals surface area contributed by atoms with Crippen LogP contribution in [0, 0.1) is 0 Å². The summed E-state index contributed by atoms with van der Waals surface area (Å²) in [6.45, 7) is 1.53. The van der Waals surface area contributed by atoms with Gasteiger partial charge in [0.15, 0.2) is 0 Å². The summed E-state index contributed by atoms with van der Waals surface area (Å²) in [6.07, 6.45) is -2.25. The van der Waals surface area contributed by atoms with Gasteiger partial charge < -0.3 is 4.90 Å². The number of benzene rings is 1. The van der Waals surface area contributed by atoms with Crippen molar-refractivity contribution in [3.8, 4) is 0 Å². The minimum absolute atomic E-state index is 0.0666. The first-order chi connectivity index (χ1) is 13.2. The van der Waals surface area contributed by atoms with Crippen molar-refractivity contribution in [1.82, 2.24) is 15.5 Å². The van der Waals surface area contributed by atoms with E-state index >= 15 is 0 Å².